The number of halogens is 6. The Bertz CT molecular complexity index is 4350. The average molecular weight is 1870 g/mol. The fourth-order valence-corrected chi connectivity index (χ4v) is 15.7. The van der Waals surface area contributed by atoms with E-state index in [0.717, 1.165) is 89.8 Å². The Labute approximate surface area is 679 Å². The molecule has 2 heterocycles. The third-order valence-corrected chi connectivity index (χ3v) is 20.4. The topological polar surface area (TPSA) is 68.8 Å². The second kappa shape index (κ2) is 32.8. The van der Waals surface area contributed by atoms with Gasteiger partial charge in [0.05, 0.1) is 46.7 Å². The van der Waals surface area contributed by atoms with Crippen molar-refractivity contribution in [2.24, 2.45) is 10.8 Å². The predicted octanol–water partition coefficient (Wildman–Crippen LogP) is 30.3. The number of benzene rings is 8. The van der Waals surface area contributed by atoms with E-state index in [4.69, 9.17) is 67.0 Å². The van der Waals surface area contributed by atoms with E-state index >= 15 is 0 Å². The molecule has 568 valence electrons. The molecule has 0 bridgehead atoms. The van der Waals surface area contributed by atoms with Crippen molar-refractivity contribution in [3.05, 3.63) is 191 Å². The van der Waals surface area contributed by atoms with Gasteiger partial charge in [-0.05, 0) is 210 Å². The third-order valence-electron chi connectivity index (χ3n) is 19.9. The second-order valence-corrected chi connectivity index (χ2v) is 69.2. The summed E-state index contributed by atoms with van der Waals surface area (Å²) in [7, 11) is 20.2. The minimum absolute atomic E-state index is 0. The molecule has 0 atom stereocenters. The van der Waals surface area contributed by atoms with Gasteiger partial charge in [0.1, 0.15) is 23.0 Å². The minimum Gasteiger partial charge on any atom is 0 e. The molecule has 0 aliphatic rings. The summed E-state index contributed by atoms with van der Waals surface area (Å²) in [6.45, 7) is 59.5. The number of fused-ring (bicyclic) bond motifs is 6. The summed E-state index contributed by atoms with van der Waals surface area (Å²) in [4.78, 5) is 0. The summed E-state index contributed by atoms with van der Waals surface area (Å²) in [6, 6.07) is 44.1. The van der Waals surface area contributed by atoms with Crippen LogP contribution in [0.4, 0.5) is 0 Å². The molecule has 105 heavy (non-hydrogen) atoms. The molecule has 2 aromatic heterocycles. The fourth-order valence-electron chi connectivity index (χ4n) is 15.3. The molecule has 6 nitrogen and oxygen atoms in total. The van der Waals surface area contributed by atoms with Crippen molar-refractivity contribution in [1.29, 1.82) is 0 Å². The molecule has 0 radical (unpaired) electrons. The first kappa shape index (κ1) is 89.9. The van der Waals surface area contributed by atoms with Crippen molar-refractivity contribution in [3.8, 4) is 56.6 Å². The molecule has 0 fully saturated rings. The van der Waals surface area contributed by atoms with Crippen LogP contribution in [0.5, 0.6) is 23.0 Å². The Balaban J connectivity index is 0.00000209. The Morgan fingerprint density at radius 1 is 0.371 bits per heavy atom. The van der Waals surface area contributed by atoms with Crippen molar-refractivity contribution in [1.82, 2.24) is 9.13 Å². The van der Waals surface area contributed by atoms with E-state index < -0.39 is 15.2 Å². The zero-order valence-electron chi connectivity index (χ0n) is 68.1. The molecular weight excluding hydrogens is 1750 g/mol. The van der Waals surface area contributed by atoms with E-state index in [1.807, 2.05) is 24.3 Å². The Morgan fingerprint density at radius 2 is 0.629 bits per heavy atom. The number of aromatic hydroxyl groups is 2. The summed E-state index contributed by atoms with van der Waals surface area (Å²) >= 11 is 11.1. The molecule has 0 unspecified atom stereocenters. The summed E-state index contributed by atoms with van der Waals surface area (Å²) in [5.41, 5.74) is 16.4. The number of nitrogens with zero attached hydrogens (tertiary/aromatic N) is 2. The SMILES string of the molecule is CC(C)c1cc(Cl)cc(-c2cc(C(C)(C)CC(C)(C)C)cc(-n3c4ccc(C(C)(C)C)cc4c4cc(C(C)(C)C)ccc43)c2O)c1OCCCOc1c(-c2cc(C(C)(C)CC(C)(C)C)cc(-n3c4ccc(C(C)(C)C)cc4c4cc(C(C)(C)C)ccc43)c2O)cc(Cl)cc1C(C)C.[CH3-].[CH3-].[Cl][Hf]([Cl])([Cl])[Cl].[Hf]. The molecule has 0 saturated heterocycles. The second-order valence-electron chi connectivity index (χ2n) is 37.2. The molecule has 0 spiro atoms. The fraction of sp³-hybridized carbons (Fsp3) is 0.451. The normalized spacial score (nSPS) is 13.0. The molecule has 0 aliphatic heterocycles. The van der Waals surface area contributed by atoms with Crippen molar-refractivity contribution in [2.75, 3.05) is 13.2 Å². The minimum atomic E-state index is -3.39. The number of aromatic nitrogens is 2. The van der Waals surface area contributed by atoms with E-state index in [1.165, 1.54) is 22.3 Å². The molecule has 14 heteroatoms. The van der Waals surface area contributed by atoms with Crippen LogP contribution in [0.2, 0.25) is 10.0 Å². The molecule has 10 rings (SSSR count). The van der Waals surface area contributed by atoms with Crippen LogP contribution in [0.25, 0.3) is 77.2 Å². The monoisotopic (exact) mass is 1870 g/mol. The van der Waals surface area contributed by atoms with Crippen molar-refractivity contribution >= 4 is 101 Å². The van der Waals surface area contributed by atoms with Gasteiger partial charge in [0.15, 0.2) is 0 Å². The van der Waals surface area contributed by atoms with Crippen LogP contribution in [0, 0.1) is 25.7 Å². The zero-order valence-corrected chi connectivity index (χ0v) is 79.8. The summed E-state index contributed by atoms with van der Waals surface area (Å²) < 4.78 is 18.9. The Morgan fingerprint density at radius 3 is 0.857 bits per heavy atom. The molecule has 0 aliphatic carbocycles. The van der Waals surface area contributed by atoms with Gasteiger partial charge in [-0.25, -0.2) is 0 Å². The van der Waals surface area contributed by atoms with Crippen molar-refractivity contribution < 1.29 is 60.8 Å². The van der Waals surface area contributed by atoms with Crippen LogP contribution in [-0.2, 0) is 73.6 Å². The maximum absolute atomic E-state index is 13.4. The van der Waals surface area contributed by atoms with Gasteiger partial charge in [0, 0.05) is 86.1 Å². The molecule has 8 aromatic carbocycles. The van der Waals surface area contributed by atoms with Crippen LogP contribution in [0.1, 0.15) is 256 Å². The van der Waals surface area contributed by atoms with Crippen LogP contribution in [0.3, 0.4) is 0 Å². The number of rotatable bonds is 16. The molecule has 2 N–H and O–H groups in total. The third kappa shape index (κ3) is 20.6. The summed E-state index contributed by atoms with van der Waals surface area (Å²) in [5, 5.41) is 32.5. The zero-order chi connectivity index (χ0) is 76.1. The molecule has 0 amide bonds. The van der Waals surface area contributed by atoms with E-state index in [9.17, 15) is 10.2 Å². The Kier molecular flexibility index (Phi) is 28.1. The van der Waals surface area contributed by atoms with Gasteiger partial charge in [-0.2, -0.15) is 0 Å². The standard InChI is InChI=1S/C89H112Cl2N2O4.2CH3.4ClH.2Hf/c1-52(2)62-46-60(90)48-70(68-42-58(88(23,24)50-82(5,6)7)44-76(78(68)94)92-72-32-28-54(84(11,12)13)38-64(72)65-39-55(85(14,15)16)29-33-73(65)92)80(62)96-36-27-37-97-81-63(53(3)4)47-61(91)49-71(81)69-43-59(89(25,26)51-83(8,9)10)45-77(79(69)95)93-74-34-30-56(86(17,18)19)40-66(74)67-41-57(87(20,21)22)31-35-75(67)93;;;;;;;;/h28-35,38-49,52-53,94-95H,27,36-37,50-51H2,1-26H3;2*1H3;4*1H;;/q;2*-1;;;;;;+4/p-4. The maximum Gasteiger partial charge on any atom is 0 e. The van der Waals surface area contributed by atoms with Gasteiger partial charge < -0.3 is 43.7 Å². The summed E-state index contributed by atoms with van der Waals surface area (Å²) in [6.07, 6.45) is 2.29. The first-order chi connectivity index (χ1) is 46.6. The van der Waals surface area contributed by atoms with Crippen molar-refractivity contribution in [2.45, 2.75) is 244 Å². The van der Waals surface area contributed by atoms with E-state index in [-0.39, 0.29) is 107 Å². The first-order valence-electron chi connectivity index (χ1n) is 36.3. The van der Waals surface area contributed by atoms with Gasteiger partial charge >= 0.3 is 49.5 Å². The van der Waals surface area contributed by atoms with Crippen LogP contribution >= 0.6 is 57.5 Å². The predicted molar refractivity (Wildman–Crippen MR) is 455 cm³/mol. The number of phenolic OH excluding ortho intramolecular Hbond substituents is 2. The van der Waals surface area contributed by atoms with Crippen LogP contribution in [0.15, 0.2) is 121 Å². The number of ether oxygens (including phenoxy) is 2. The maximum atomic E-state index is 13.4. The number of phenols is 2. The van der Waals surface area contributed by atoms with Gasteiger partial charge in [0.25, 0.3) is 0 Å². The molecule has 0 saturated carbocycles. The van der Waals surface area contributed by atoms with Gasteiger partial charge in [-0.15, -0.1) is 0 Å². The Hall–Kier alpha value is -3.96. The first-order valence-corrected chi connectivity index (χ1v) is 54.8. The van der Waals surface area contributed by atoms with E-state index in [0.29, 0.717) is 63.7 Å². The van der Waals surface area contributed by atoms with E-state index in [1.54, 1.807) is 0 Å². The quantitative estimate of drug-likeness (QED) is 0.0575. The van der Waals surface area contributed by atoms with Gasteiger partial charge in [-0.3, -0.25) is 0 Å². The van der Waals surface area contributed by atoms with Gasteiger partial charge in [0.2, 0.25) is 0 Å². The smallest absolute Gasteiger partial charge is 0 e. The number of hydrogen-bond acceptors (Lipinski definition) is 4. The summed E-state index contributed by atoms with van der Waals surface area (Å²) in [5.74, 6) is 1.69. The molecule has 10 aromatic rings. The van der Waals surface area contributed by atoms with Crippen LogP contribution < -0.4 is 9.47 Å². The molecular formula is C91H118Cl6Hf2N2O4-2. The van der Waals surface area contributed by atoms with Crippen LogP contribution in [-0.4, -0.2) is 32.6 Å². The van der Waals surface area contributed by atoms with Gasteiger partial charge in [-0.1, -0.05) is 227 Å². The average Bonchev–Trinajstić information content (AvgIpc) is 1.58. The van der Waals surface area contributed by atoms with Crippen molar-refractivity contribution in [3.63, 3.8) is 0 Å². The largest absolute Gasteiger partial charge is 0 e. The number of hydrogen-bond donors (Lipinski definition) is 2. The van der Waals surface area contributed by atoms with E-state index in [2.05, 4.69) is 286 Å².